The Morgan fingerprint density at radius 1 is 1.08 bits per heavy atom. The van der Waals surface area contributed by atoms with E-state index < -0.39 is 5.91 Å². The van der Waals surface area contributed by atoms with Crippen LogP contribution in [-0.2, 0) is 11.2 Å². The van der Waals surface area contributed by atoms with Gasteiger partial charge in [-0.15, -0.1) is 11.3 Å². The molecule has 2 atom stereocenters. The second kappa shape index (κ2) is 10.8. The van der Waals surface area contributed by atoms with Crippen LogP contribution in [0.4, 0.5) is 0 Å². The summed E-state index contributed by atoms with van der Waals surface area (Å²) < 4.78 is 0. The summed E-state index contributed by atoms with van der Waals surface area (Å²) in [6.45, 7) is 4.42. The summed E-state index contributed by atoms with van der Waals surface area (Å²) in [5.74, 6) is -1.01. The lowest BCUT2D eigenvalue weighted by Crippen LogP contribution is -2.44. The van der Waals surface area contributed by atoms with Gasteiger partial charge >= 0.3 is 0 Å². The number of benzene rings is 1. The van der Waals surface area contributed by atoms with Crippen molar-refractivity contribution in [2.45, 2.75) is 57.9 Å². The number of thiazole rings is 1. The van der Waals surface area contributed by atoms with Crippen molar-refractivity contribution in [3.05, 3.63) is 81.1 Å². The molecule has 1 aliphatic heterocycles. The largest absolute Gasteiger partial charge is 0.329 e. The van der Waals surface area contributed by atoms with Gasteiger partial charge in [-0.05, 0) is 56.7 Å². The molecule has 5 rings (SSSR count). The third kappa shape index (κ3) is 5.88. The highest BCUT2D eigenvalue weighted by Gasteiger charge is 2.34. The lowest BCUT2D eigenvalue weighted by Gasteiger charge is -2.23. The van der Waals surface area contributed by atoms with Crippen LogP contribution in [0.5, 0.6) is 0 Å². The predicted octanol–water partition coefficient (Wildman–Crippen LogP) is 4.34. The molecule has 2 aromatic heterocycles. The summed E-state index contributed by atoms with van der Waals surface area (Å²) in [6.07, 6.45) is 4.33. The molecule has 2 unspecified atom stereocenters. The minimum Gasteiger partial charge on any atom is -0.329 e. The predicted molar refractivity (Wildman–Crippen MR) is 141 cm³/mol. The van der Waals surface area contributed by atoms with Gasteiger partial charge in [0.15, 0.2) is 0 Å². The molecule has 192 valence electrons. The van der Waals surface area contributed by atoms with E-state index in [1.165, 1.54) is 6.07 Å². The molecule has 0 radical (unpaired) electrons. The van der Waals surface area contributed by atoms with E-state index in [4.69, 9.17) is 0 Å². The van der Waals surface area contributed by atoms with Crippen molar-refractivity contribution in [1.29, 1.82) is 0 Å². The van der Waals surface area contributed by atoms with E-state index in [2.05, 4.69) is 20.8 Å². The number of aryl methyl sites for hydroxylation is 1. The lowest BCUT2D eigenvalue weighted by molar-refractivity contribution is -0.125. The molecule has 2 aliphatic rings. The van der Waals surface area contributed by atoms with Gasteiger partial charge in [-0.3, -0.25) is 25.2 Å². The van der Waals surface area contributed by atoms with E-state index in [-0.39, 0.29) is 35.4 Å². The zero-order valence-corrected chi connectivity index (χ0v) is 21.9. The Kier molecular flexibility index (Phi) is 7.32. The second-order valence-electron chi connectivity index (χ2n) is 9.96. The number of amides is 3. The Morgan fingerprint density at radius 3 is 2.57 bits per heavy atom. The number of pyridine rings is 1. The van der Waals surface area contributed by atoms with Gasteiger partial charge in [-0.1, -0.05) is 37.3 Å². The maximum atomic E-state index is 13.6. The molecule has 1 saturated carbocycles. The van der Waals surface area contributed by atoms with Crippen LogP contribution in [0.1, 0.15) is 87.4 Å². The van der Waals surface area contributed by atoms with Crippen molar-refractivity contribution >= 4 is 29.1 Å². The molecule has 0 bridgehead atoms. The zero-order chi connectivity index (χ0) is 25.9. The second-order valence-corrected chi connectivity index (χ2v) is 10.8. The van der Waals surface area contributed by atoms with Crippen LogP contribution in [0.25, 0.3) is 0 Å². The molecule has 1 aliphatic carbocycles. The molecule has 0 spiro atoms. The number of likely N-dealkylation sites (tertiary alicyclic amines) is 1. The quantitative estimate of drug-likeness (QED) is 0.454. The van der Waals surface area contributed by atoms with Crippen molar-refractivity contribution in [3.8, 4) is 0 Å². The number of aromatic nitrogens is 2. The number of hydrazine groups is 1. The molecule has 3 amide bonds. The highest BCUT2D eigenvalue weighted by Crippen LogP contribution is 2.40. The van der Waals surface area contributed by atoms with Gasteiger partial charge in [-0.25, -0.2) is 9.97 Å². The number of carbonyl (C=O) groups is 3. The maximum absolute atomic E-state index is 13.6. The summed E-state index contributed by atoms with van der Waals surface area (Å²) in [7, 11) is 0. The Morgan fingerprint density at radius 2 is 1.86 bits per heavy atom. The average molecular weight is 518 g/mol. The topological polar surface area (TPSA) is 104 Å². The van der Waals surface area contributed by atoms with E-state index in [9.17, 15) is 14.4 Å². The van der Waals surface area contributed by atoms with Crippen LogP contribution in [0.2, 0.25) is 0 Å². The summed E-state index contributed by atoms with van der Waals surface area (Å²) >= 11 is 1.58. The van der Waals surface area contributed by atoms with E-state index in [0.29, 0.717) is 18.5 Å². The smallest absolute Gasteiger partial charge is 0.288 e. The SMILES string of the molecule is Cc1csc(C2CCCN2C(=O)c2cc(C(=O)NNC(=O)C(C)Cc3ccccc3)nc(C3CC3)c2)n1. The molecule has 2 fully saturated rings. The maximum Gasteiger partial charge on any atom is 0.288 e. The van der Waals surface area contributed by atoms with Gasteiger partial charge in [-0.2, -0.15) is 0 Å². The van der Waals surface area contributed by atoms with Crippen LogP contribution in [0, 0.1) is 12.8 Å². The van der Waals surface area contributed by atoms with Crippen LogP contribution >= 0.6 is 11.3 Å². The first kappa shape index (κ1) is 25.1. The minimum atomic E-state index is -0.537. The lowest BCUT2D eigenvalue weighted by atomic mass is 10.0. The van der Waals surface area contributed by atoms with Gasteiger partial charge in [0.05, 0.1) is 6.04 Å². The molecular weight excluding hydrogens is 486 g/mol. The van der Waals surface area contributed by atoms with Crippen molar-refractivity contribution < 1.29 is 14.4 Å². The number of hydrogen-bond donors (Lipinski definition) is 2. The zero-order valence-electron chi connectivity index (χ0n) is 21.1. The summed E-state index contributed by atoms with van der Waals surface area (Å²) in [4.78, 5) is 50.2. The molecular formula is C28H31N5O3S. The normalized spacial score (nSPS) is 17.9. The molecule has 1 aromatic carbocycles. The first-order valence-corrected chi connectivity index (χ1v) is 13.7. The Bertz CT molecular complexity index is 1300. The van der Waals surface area contributed by atoms with E-state index >= 15 is 0 Å². The molecule has 3 aromatic rings. The molecule has 8 nitrogen and oxygen atoms in total. The van der Waals surface area contributed by atoms with Crippen LogP contribution in [0.15, 0.2) is 47.8 Å². The van der Waals surface area contributed by atoms with Crippen LogP contribution in [-0.4, -0.2) is 39.1 Å². The number of nitrogens with one attached hydrogen (secondary N) is 2. The van der Waals surface area contributed by atoms with Crippen LogP contribution < -0.4 is 10.9 Å². The number of carbonyl (C=O) groups excluding carboxylic acids is 3. The third-order valence-electron chi connectivity index (χ3n) is 6.89. The highest BCUT2D eigenvalue weighted by molar-refractivity contribution is 7.09. The van der Waals surface area contributed by atoms with E-state index in [0.717, 1.165) is 47.6 Å². The van der Waals surface area contributed by atoms with Gasteiger partial charge in [0, 0.05) is 40.7 Å². The minimum absolute atomic E-state index is 0.0496. The summed E-state index contributed by atoms with van der Waals surface area (Å²) in [5, 5.41) is 2.95. The van der Waals surface area contributed by atoms with Gasteiger partial charge in [0.1, 0.15) is 10.7 Å². The number of rotatable bonds is 7. The Labute approximate surface area is 220 Å². The van der Waals surface area contributed by atoms with Crippen LogP contribution in [0.3, 0.4) is 0 Å². The molecule has 1 saturated heterocycles. The number of nitrogens with zero attached hydrogens (tertiary/aromatic N) is 3. The molecule has 37 heavy (non-hydrogen) atoms. The number of hydrogen-bond acceptors (Lipinski definition) is 6. The fraction of sp³-hybridized carbons (Fsp3) is 0.393. The van der Waals surface area contributed by atoms with Gasteiger partial charge < -0.3 is 4.90 Å². The van der Waals surface area contributed by atoms with Crippen molar-refractivity contribution in [2.75, 3.05) is 6.54 Å². The van der Waals surface area contributed by atoms with Crippen molar-refractivity contribution in [2.24, 2.45) is 5.92 Å². The molecule has 3 heterocycles. The van der Waals surface area contributed by atoms with Crippen molar-refractivity contribution in [3.63, 3.8) is 0 Å². The summed E-state index contributed by atoms with van der Waals surface area (Å²) in [6, 6.07) is 13.0. The van der Waals surface area contributed by atoms with E-state index in [1.54, 1.807) is 11.3 Å². The first-order chi connectivity index (χ1) is 17.9. The van der Waals surface area contributed by atoms with Gasteiger partial charge in [0.2, 0.25) is 5.91 Å². The fourth-order valence-corrected chi connectivity index (χ4v) is 5.65. The summed E-state index contributed by atoms with van der Waals surface area (Å²) in [5.41, 5.74) is 8.34. The monoisotopic (exact) mass is 517 g/mol. The average Bonchev–Trinajstić information content (AvgIpc) is 3.50. The third-order valence-corrected chi connectivity index (χ3v) is 7.95. The Balaban J connectivity index is 1.29. The standard InChI is InChI=1S/C28H31N5O3S/c1-17(13-19-7-4-3-5-8-19)25(34)31-32-26(35)23-15-21(14-22(30-23)20-10-11-20)28(36)33-12-6-9-24(33)27-29-18(2)16-37-27/h3-5,7-8,14-17,20,24H,6,9-13H2,1-2H3,(H,31,34)(H,32,35). The molecule has 9 heteroatoms. The Hall–Kier alpha value is -3.59. The van der Waals surface area contributed by atoms with Crippen molar-refractivity contribution in [1.82, 2.24) is 25.7 Å². The highest BCUT2D eigenvalue weighted by atomic mass is 32.1. The first-order valence-electron chi connectivity index (χ1n) is 12.8. The van der Waals surface area contributed by atoms with E-state index in [1.807, 2.05) is 60.5 Å². The fourth-order valence-electron chi connectivity index (χ4n) is 4.70. The molecule has 2 N–H and O–H groups in total. The van der Waals surface area contributed by atoms with Gasteiger partial charge in [0.25, 0.3) is 11.8 Å².